The van der Waals surface area contributed by atoms with Crippen molar-refractivity contribution in [3.8, 4) is 0 Å². The lowest BCUT2D eigenvalue weighted by atomic mass is 10.2. The first-order chi connectivity index (χ1) is 13.5. The van der Waals surface area contributed by atoms with Crippen molar-refractivity contribution in [2.24, 2.45) is 10.7 Å². The van der Waals surface area contributed by atoms with Crippen molar-refractivity contribution in [1.29, 1.82) is 0 Å². The number of nitrogen functional groups attached to an aromatic ring is 1. The molecule has 0 aliphatic heterocycles. The van der Waals surface area contributed by atoms with E-state index in [2.05, 4.69) is 10.3 Å². The molecule has 0 amide bonds. The molecule has 0 fully saturated rings. The quantitative estimate of drug-likeness (QED) is 0.190. The molecule has 29 heavy (non-hydrogen) atoms. The zero-order valence-electron chi connectivity index (χ0n) is 15.4. The molecule has 14 nitrogen and oxygen atoms in total. The molecule has 2 aromatic carbocycles. The van der Waals surface area contributed by atoms with Crippen LogP contribution in [0.2, 0.25) is 0 Å². The maximum absolute atomic E-state index is 10.4. The zero-order chi connectivity index (χ0) is 22.6. The summed E-state index contributed by atoms with van der Waals surface area (Å²) in [5.74, 6) is 0.213. The van der Waals surface area contributed by atoms with Crippen LogP contribution in [0, 0.1) is 37.3 Å². The highest BCUT2D eigenvalue weighted by atomic mass is 16.9. The Morgan fingerprint density at radius 3 is 2.00 bits per heavy atom. The number of hydrogen-bond acceptors (Lipinski definition) is 8. The summed E-state index contributed by atoms with van der Waals surface area (Å²) in [7, 11) is 1.53. The highest BCUT2D eigenvalue weighted by Gasteiger charge is 2.06. The third-order valence-corrected chi connectivity index (χ3v) is 3.04. The van der Waals surface area contributed by atoms with E-state index >= 15 is 0 Å². The van der Waals surface area contributed by atoms with E-state index in [9.17, 15) is 20.2 Å². The molecule has 156 valence electrons. The SMILES string of the molecule is CN=C(N)Nc1cccc([N+](=O)[O-])c1.Cc1ccc([N+](=O)[O-])cc1N.O=[N+]([O-])O. The predicted octanol–water partition coefficient (Wildman–Crippen LogP) is 2.09. The van der Waals surface area contributed by atoms with Crippen LogP contribution in [0.25, 0.3) is 0 Å². The smallest absolute Gasteiger partial charge is 0.291 e. The number of benzene rings is 2. The molecule has 0 atom stereocenters. The summed E-state index contributed by atoms with van der Waals surface area (Å²) in [5, 5.41) is 37.0. The van der Waals surface area contributed by atoms with Crippen LogP contribution in [-0.4, -0.2) is 33.1 Å². The Morgan fingerprint density at radius 2 is 1.55 bits per heavy atom. The first kappa shape index (κ1) is 24.5. The van der Waals surface area contributed by atoms with Gasteiger partial charge in [-0.1, -0.05) is 12.1 Å². The second kappa shape index (κ2) is 12.0. The zero-order valence-corrected chi connectivity index (χ0v) is 15.4. The van der Waals surface area contributed by atoms with Gasteiger partial charge in [-0.2, -0.15) is 0 Å². The molecule has 0 saturated heterocycles. The Hall–Kier alpha value is -4.49. The molecular formula is C15H19N7O7. The van der Waals surface area contributed by atoms with Crippen LogP contribution in [0.5, 0.6) is 0 Å². The average molecular weight is 409 g/mol. The minimum Gasteiger partial charge on any atom is -0.398 e. The third kappa shape index (κ3) is 10.3. The maximum Gasteiger partial charge on any atom is 0.291 e. The molecule has 0 aliphatic carbocycles. The van der Waals surface area contributed by atoms with Crippen molar-refractivity contribution in [2.75, 3.05) is 18.1 Å². The summed E-state index contributed by atoms with van der Waals surface area (Å²) in [6.45, 7) is 1.80. The summed E-state index contributed by atoms with van der Waals surface area (Å²) in [5.41, 5.74) is 12.8. The van der Waals surface area contributed by atoms with E-state index in [-0.39, 0.29) is 17.3 Å². The molecule has 0 aliphatic rings. The van der Waals surface area contributed by atoms with E-state index in [1.165, 1.54) is 31.3 Å². The molecule has 0 spiro atoms. The molecule has 14 heteroatoms. The maximum atomic E-state index is 10.4. The van der Waals surface area contributed by atoms with Crippen molar-refractivity contribution in [2.45, 2.75) is 6.92 Å². The van der Waals surface area contributed by atoms with Crippen molar-refractivity contribution >= 4 is 28.7 Å². The van der Waals surface area contributed by atoms with Gasteiger partial charge in [-0.15, -0.1) is 10.1 Å². The largest absolute Gasteiger partial charge is 0.398 e. The van der Waals surface area contributed by atoms with E-state index in [4.69, 9.17) is 26.8 Å². The van der Waals surface area contributed by atoms with Gasteiger partial charge in [-0.25, -0.2) is 0 Å². The number of nitro groups is 2. The van der Waals surface area contributed by atoms with Crippen LogP contribution in [0.3, 0.4) is 0 Å². The van der Waals surface area contributed by atoms with Gasteiger partial charge in [-0.3, -0.25) is 25.2 Å². The van der Waals surface area contributed by atoms with Gasteiger partial charge >= 0.3 is 0 Å². The molecule has 0 bridgehead atoms. The van der Waals surface area contributed by atoms with Crippen LogP contribution in [-0.2, 0) is 0 Å². The normalized spacial score (nSPS) is 9.79. The number of rotatable bonds is 3. The van der Waals surface area contributed by atoms with Crippen LogP contribution < -0.4 is 16.8 Å². The van der Waals surface area contributed by atoms with Crippen LogP contribution in [0.15, 0.2) is 47.5 Å². The summed E-state index contributed by atoms with van der Waals surface area (Å²) in [4.78, 5) is 31.7. The standard InChI is InChI=1S/C8H10N4O2.C7H8N2O2.HNO3/c1-10-8(9)11-6-3-2-4-7(5-6)12(13)14;1-5-2-3-6(9(10)11)4-7(5)8;2-1(3)4/h2-5H,1H3,(H3,9,10,11);2-4H,8H2,1H3;(H,2,3,4). The van der Waals surface area contributed by atoms with E-state index in [1.54, 1.807) is 25.1 Å². The van der Waals surface area contributed by atoms with E-state index in [0.29, 0.717) is 11.4 Å². The van der Waals surface area contributed by atoms with Crippen LogP contribution in [0.1, 0.15) is 5.56 Å². The molecular weight excluding hydrogens is 390 g/mol. The second-order valence-corrected chi connectivity index (χ2v) is 5.08. The highest BCUT2D eigenvalue weighted by molar-refractivity contribution is 5.92. The van der Waals surface area contributed by atoms with E-state index in [0.717, 1.165) is 5.56 Å². The van der Waals surface area contributed by atoms with Gasteiger partial charge in [0, 0.05) is 42.7 Å². The van der Waals surface area contributed by atoms with Gasteiger partial charge in [-0.05, 0) is 18.6 Å². The van der Waals surface area contributed by atoms with Gasteiger partial charge < -0.3 is 22.0 Å². The molecule has 6 N–H and O–H groups in total. The number of aliphatic imine (C=N–C) groups is 1. The van der Waals surface area contributed by atoms with Gasteiger partial charge in [0.1, 0.15) is 0 Å². The van der Waals surface area contributed by atoms with Gasteiger partial charge in [0.2, 0.25) is 0 Å². The highest BCUT2D eigenvalue weighted by Crippen LogP contribution is 2.18. The monoisotopic (exact) mass is 409 g/mol. The average Bonchev–Trinajstić information content (AvgIpc) is 2.64. The lowest BCUT2D eigenvalue weighted by Gasteiger charge is -2.03. The van der Waals surface area contributed by atoms with Crippen LogP contribution in [0.4, 0.5) is 22.7 Å². The number of nitrogens with zero attached hydrogens (tertiary/aromatic N) is 4. The second-order valence-electron chi connectivity index (χ2n) is 5.08. The van der Waals surface area contributed by atoms with E-state index in [1.807, 2.05) is 0 Å². The Bertz CT molecular complexity index is 898. The lowest BCUT2D eigenvalue weighted by molar-refractivity contribution is -0.742. The number of non-ortho nitro benzene ring substituents is 2. The summed E-state index contributed by atoms with van der Waals surface area (Å²) in [6, 6.07) is 10.5. The molecule has 2 rings (SSSR count). The fourth-order valence-electron chi connectivity index (χ4n) is 1.64. The number of aryl methyl sites for hydroxylation is 1. The van der Waals surface area contributed by atoms with Crippen molar-refractivity contribution in [3.05, 3.63) is 78.4 Å². The Morgan fingerprint density at radius 1 is 1.03 bits per heavy atom. The molecule has 0 aromatic heterocycles. The molecule has 0 heterocycles. The summed E-state index contributed by atoms with van der Waals surface area (Å²) >= 11 is 0. The number of guanidine groups is 1. The van der Waals surface area contributed by atoms with Crippen molar-refractivity contribution < 1.29 is 20.1 Å². The molecule has 2 aromatic rings. The third-order valence-electron chi connectivity index (χ3n) is 3.04. The minimum atomic E-state index is -1.50. The van der Waals surface area contributed by atoms with Crippen molar-refractivity contribution in [1.82, 2.24) is 0 Å². The number of anilines is 2. The summed E-state index contributed by atoms with van der Waals surface area (Å²) < 4.78 is 0. The van der Waals surface area contributed by atoms with Gasteiger partial charge in [0.05, 0.1) is 9.85 Å². The topological polar surface area (TPSA) is 226 Å². The van der Waals surface area contributed by atoms with Crippen molar-refractivity contribution in [3.63, 3.8) is 0 Å². The number of nitro benzene ring substituents is 2. The predicted molar refractivity (Wildman–Crippen MR) is 105 cm³/mol. The summed E-state index contributed by atoms with van der Waals surface area (Å²) in [6.07, 6.45) is 0. The molecule has 0 saturated carbocycles. The molecule has 0 unspecified atom stereocenters. The Kier molecular flexibility index (Phi) is 10.1. The Balaban J connectivity index is 0.000000466. The first-order valence-electron chi connectivity index (χ1n) is 7.55. The fraction of sp³-hybridized carbons (Fsp3) is 0.133. The molecule has 0 radical (unpaired) electrons. The lowest BCUT2D eigenvalue weighted by Crippen LogP contribution is -2.21. The van der Waals surface area contributed by atoms with E-state index < -0.39 is 14.9 Å². The number of nitrogens with one attached hydrogen (secondary N) is 1. The number of nitrogens with two attached hydrogens (primary N) is 2. The first-order valence-corrected chi connectivity index (χ1v) is 7.55. The van der Waals surface area contributed by atoms with Gasteiger partial charge in [0.15, 0.2) is 5.96 Å². The number of hydrogen-bond donors (Lipinski definition) is 4. The Labute approximate surface area is 163 Å². The minimum absolute atomic E-state index is 0.0129. The van der Waals surface area contributed by atoms with Crippen LogP contribution >= 0.6 is 0 Å². The van der Waals surface area contributed by atoms with Gasteiger partial charge in [0.25, 0.3) is 16.5 Å². The fourth-order valence-corrected chi connectivity index (χ4v) is 1.64.